The summed E-state index contributed by atoms with van der Waals surface area (Å²) in [6.45, 7) is 3.86. The lowest BCUT2D eigenvalue weighted by atomic mass is 10.1. The summed E-state index contributed by atoms with van der Waals surface area (Å²) in [5.41, 5.74) is 3.06. The van der Waals surface area contributed by atoms with Gasteiger partial charge in [-0.25, -0.2) is 4.79 Å². The van der Waals surface area contributed by atoms with E-state index in [9.17, 15) is 9.59 Å². The Balaban J connectivity index is 1.46. The summed E-state index contributed by atoms with van der Waals surface area (Å²) in [7, 11) is 0. The second-order valence-electron chi connectivity index (χ2n) is 8.62. The van der Waals surface area contributed by atoms with E-state index < -0.39 is 0 Å². The minimum atomic E-state index is -0.213. The number of carbonyl (C=O) groups is 2. The minimum absolute atomic E-state index is 0.0376. The molecule has 0 bridgehead atoms. The second kappa shape index (κ2) is 11.1. The molecule has 1 aliphatic carbocycles. The van der Waals surface area contributed by atoms with Crippen molar-refractivity contribution in [3.05, 3.63) is 88.1 Å². The highest BCUT2D eigenvalue weighted by atomic mass is 32.1. The predicted octanol–water partition coefficient (Wildman–Crippen LogP) is 5.78. The molecule has 0 saturated heterocycles. The Kier molecular flexibility index (Phi) is 7.79. The zero-order valence-corrected chi connectivity index (χ0v) is 19.9. The van der Waals surface area contributed by atoms with Crippen LogP contribution in [0.15, 0.2) is 72.1 Å². The van der Waals surface area contributed by atoms with Gasteiger partial charge in [0.2, 0.25) is 5.91 Å². The van der Waals surface area contributed by atoms with Crippen LogP contribution >= 0.6 is 11.3 Å². The molecule has 33 heavy (non-hydrogen) atoms. The van der Waals surface area contributed by atoms with Crippen molar-refractivity contribution in [2.45, 2.75) is 39.3 Å². The average molecular weight is 462 g/mol. The van der Waals surface area contributed by atoms with Crippen LogP contribution in [-0.2, 0) is 24.3 Å². The highest BCUT2D eigenvalue weighted by Crippen LogP contribution is 2.30. The van der Waals surface area contributed by atoms with Crippen molar-refractivity contribution >= 4 is 29.0 Å². The van der Waals surface area contributed by atoms with Crippen molar-refractivity contribution < 1.29 is 9.59 Å². The van der Waals surface area contributed by atoms with Crippen LogP contribution in [0, 0.1) is 5.92 Å². The van der Waals surface area contributed by atoms with Crippen molar-refractivity contribution in [3.8, 4) is 0 Å². The smallest absolute Gasteiger partial charge is 0.322 e. The number of nitrogens with zero attached hydrogens (tertiary/aromatic N) is 2. The third kappa shape index (κ3) is 6.93. The number of nitrogens with one attached hydrogen (secondary N) is 1. The van der Waals surface area contributed by atoms with E-state index in [0.717, 1.165) is 35.4 Å². The summed E-state index contributed by atoms with van der Waals surface area (Å²) >= 11 is 1.64. The van der Waals surface area contributed by atoms with Gasteiger partial charge in [0.15, 0.2) is 0 Å². The number of anilines is 1. The summed E-state index contributed by atoms with van der Waals surface area (Å²) in [6.07, 6.45) is 3.19. The lowest BCUT2D eigenvalue weighted by molar-refractivity contribution is -0.133. The molecule has 0 aliphatic heterocycles. The molecule has 5 nitrogen and oxygen atoms in total. The van der Waals surface area contributed by atoms with Crippen LogP contribution in [0.3, 0.4) is 0 Å². The topological polar surface area (TPSA) is 52.7 Å². The summed E-state index contributed by atoms with van der Waals surface area (Å²) in [5, 5.41) is 5.01. The quantitative estimate of drug-likeness (QED) is 0.416. The highest BCUT2D eigenvalue weighted by Gasteiger charge is 2.29. The molecule has 1 saturated carbocycles. The Morgan fingerprint density at radius 3 is 2.30 bits per heavy atom. The molecule has 3 amide bonds. The number of thiophene rings is 1. The molecule has 1 heterocycles. The number of amides is 3. The third-order valence-electron chi connectivity index (χ3n) is 5.90. The lowest BCUT2D eigenvalue weighted by Crippen LogP contribution is -2.44. The molecule has 0 radical (unpaired) electrons. The molecule has 1 aromatic heterocycles. The van der Waals surface area contributed by atoms with Gasteiger partial charge < -0.3 is 15.1 Å². The van der Waals surface area contributed by atoms with Crippen molar-refractivity contribution in [1.82, 2.24) is 9.80 Å². The number of carbonyl (C=O) groups excluding carboxylic acids is 2. The van der Waals surface area contributed by atoms with E-state index in [2.05, 4.69) is 12.2 Å². The lowest BCUT2D eigenvalue weighted by Gasteiger charge is -2.28. The summed E-state index contributed by atoms with van der Waals surface area (Å²) in [4.78, 5) is 31.2. The Labute approximate surface area is 200 Å². The summed E-state index contributed by atoms with van der Waals surface area (Å²) < 4.78 is 0. The van der Waals surface area contributed by atoms with Gasteiger partial charge >= 0.3 is 6.03 Å². The number of hydrogen-bond acceptors (Lipinski definition) is 3. The molecule has 6 heteroatoms. The van der Waals surface area contributed by atoms with Crippen LogP contribution in [0.2, 0.25) is 0 Å². The van der Waals surface area contributed by atoms with E-state index in [1.807, 2.05) is 77.0 Å². The van der Waals surface area contributed by atoms with Crippen LogP contribution in [0.5, 0.6) is 0 Å². The zero-order chi connectivity index (χ0) is 23.0. The van der Waals surface area contributed by atoms with Gasteiger partial charge in [-0.05, 0) is 59.9 Å². The van der Waals surface area contributed by atoms with Crippen LogP contribution < -0.4 is 5.32 Å². The van der Waals surface area contributed by atoms with Gasteiger partial charge in [-0.2, -0.15) is 0 Å². The van der Waals surface area contributed by atoms with Gasteiger partial charge in [-0.1, -0.05) is 55.5 Å². The van der Waals surface area contributed by atoms with E-state index in [0.29, 0.717) is 25.6 Å². The Morgan fingerprint density at radius 1 is 0.909 bits per heavy atom. The molecule has 0 atom stereocenters. The molecule has 0 unspecified atom stereocenters. The Bertz CT molecular complexity index is 1030. The minimum Gasteiger partial charge on any atom is -0.332 e. The standard InChI is InChI=1S/C27H31N3O2S/c1-2-21-12-14-24(15-13-21)28-27(32)30(18-23-10-11-23)20-26(31)29(19-25-9-6-16-33-25)17-22-7-4-3-5-8-22/h3-9,12-16,23H,2,10-11,17-20H2,1H3,(H,28,32). The van der Waals surface area contributed by atoms with Crippen molar-refractivity contribution in [2.75, 3.05) is 18.4 Å². The zero-order valence-electron chi connectivity index (χ0n) is 19.1. The van der Waals surface area contributed by atoms with E-state index in [1.54, 1.807) is 16.2 Å². The van der Waals surface area contributed by atoms with E-state index in [4.69, 9.17) is 0 Å². The number of aryl methyl sites for hydroxylation is 1. The molecular weight excluding hydrogens is 430 g/mol. The number of benzene rings is 2. The van der Waals surface area contributed by atoms with Gasteiger partial charge in [0.05, 0.1) is 6.54 Å². The maximum Gasteiger partial charge on any atom is 0.322 e. The van der Waals surface area contributed by atoms with E-state index >= 15 is 0 Å². The normalized spacial score (nSPS) is 12.9. The molecular formula is C27H31N3O2S. The van der Waals surface area contributed by atoms with Gasteiger partial charge in [-0.3, -0.25) is 4.79 Å². The number of urea groups is 1. The first-order chi connectivity index (χ1) is 16.1. The maximum absolute atomic E-state index is 13.4. The van der Waals surface area contributed by atoms with Crippen LogP contribution in [0.1, 0.15) is 35.8 Å². The SMILES string of the molecule is CCc1ccc(NC(=O)N(CC(=O)N(Cc2ccccc2)Cc2cccs2)CC2CC2)cc1. The van der Waals surface area contributed by atoms with Crippen molar-refractivity contribution in [3.63, 3.8) is 0 Å². The van der Waals surface area contributed by atoms with Gasteiger partial charge in [0.25, 0.3) is 0 Å². The van der Waals surface area contributed by atoms with Crippen molar-refractivity contribution in [1.29, 1.82) is 0 Å². The summed E-state index contributed by atoms with van der Waals surface area (Å²) in [6, 6.07) is 21.7. The molecule has 3 aromatic rings. The monoisotopic (exact) mass is 461 g/mol. The molecule has 4 rings (SSSR count). The van der Waals surface area contributed by atoms with Gasteiger partial charge in [0, 0.05) is 23.7 Å². The van der Waals surface area contributed by atoms with E-state index in [-0.39, 0.29) is 18.5 Å². The predicted molar refractivity (Wildman–Crippen MR) is 134 cm³/mol. The van der Waals surface area contributed by atoms with Crippen molar-refractivity contribution in [2.24, 2.45) is 5.92 Å². The molecule has 0 spiro atoms. The van der Waals surface area contributed by atoms with Crippen LogP contribution in [0.4, 0.5) is 10.5 Å². The van der Waals surface area contributed by atoms with Gasteiger partial charge in [-0.15, -0.1) is 11.3 Å². The molecule has 1 N–H and O–H groups in total. The second-order valence-corrected chi connectivity index (χ2v) is 9.65. The number of rotatable bonds is 10. The Hall–Kier alpha value is -3.12. The first-order valence-electron chi connectivity index (χ1n) is 11.6. The average Bonchev–Trinajstić information content (AvgIpc) is 3.51. The van der Waals surface area contributed by atoms with Crippen LogP contribution in [0.25, 0.3) is 0 Å². The summed E-state index contributed by atoms with van der Waals surface area (Å²) in [5.74, 6) is 0.454. The third-order valence-corrected chi connectivity index (χ3v) is 6.76. The molecule has 172 valence electrons. The molecule has 1 fully saturated rings. The fourth-order valence-corrected chi connectivity index (χ4v) is 4.47. The fraction of sp³-hybridized carbons (Fsp3) is 0.333. The van der Waals surface area contributed by atoms with Gasteiger partial charge in [0.1, 0.15) is 6.54 Å². The fourth-order valence-electron chi connectivity index (χ4n) is 3.75. The van der Waals surface area contributed by atoms with E-state index in [1.165, 1.54) is 5.56 Å². The largest absolute Gasteiger partial charge is 0.332 e. The molecule has 1 aliphatic rings. The van der Waals surface area contributed by atoms with Crippen LogP contribution in [-0.4, -0.2) is 34.8 Å². The Morgan fingerprint density at radius 2 is 1.67 bits per heavy atom. The number of hydrogen-bond donors (Lipinski definition) is 1. The first kappa shape index (κ1) is 23.1. The highest BCUT2D eigenvalue weighted by molar-refractivity contribution is 7.09. The molecule has 2 aromatic carbocycles. The first-order valence-corrected chi connectivity index (χ1v) is 12.5. The maximum atomic E-state index is 13.4.